The highest BCUT2D eigenvalue weighted by molar-refractivity contribution is 6.16. The molecule has 3 aromatic carbocycles. The van der Waals surface area contributed by atoms with Crippen LogP contribution in [0, 0.1) is 12.7 Å². The summed E-state index contributed by atoms with van der Waals surface area (Å²) >= 11 is 0. The average molecular weight is 388 g/mol. The first-order chi connectivity index (χ1) is 14.0. The van der Waals surface area contributed by atoms with Gasteiger partial charge in [-0.1, -0.05) is 35.9 Å². The first-order valence-corrected chi connectivity index (χ1v) is 8.98. The molecule has 1 aromatic heterocycles. The van der Waals surface area contributed by atoms with Crippen molar-refractivity contribution >= 4 is 34.2 Å². The standard InChI is InChI=1S/C23H17FN2O3/c1-14-9-11-17(12-10-14)25-23(28)21-20(18-7-2-3-8-19(18)29-21)26-22(27)15-5-4-6-16(24)13-15/h2-13H,1H3,(H,25,28)(H,26,27). The van der Waals surface area contributed by atoms with Crippen molar-refractivity contribution in [2.24, 2.45) is 0 Å². The highest BCUT2D eigenvalue weighted by Gasteiger charge is 2.23. The van der Waals surface area contributed by atoms with Gasteiger partial charge in [-0.25, -0.2) is 4.39 Å². The SMILES string of the molecule is Cc1ccc(NC(=O)c2oc3ccccc3c2NC(=O)c2cccc(F)c2)cc1. The van der Waals surface area contributed by atoms with E-state index in [-0.39, 0.29) is 17.0 Å². The van der Waals surface area contributed by atoms with E-state index in [9.17, 15) is 14.0 Å². The zero-order valence-corrected chi connectivity index (χ0v) is 15.5. The second-order valence-electron chi connectivity index (χ2n) is 6.59. The molecule has 0 saturated heterocycles. The predicted octanol–water partition coefficient (Wildman–Crippen LogP) is 5.38. The minimum atomic E-state index is -0.541. The molecule has 1 heterocycles. The maximum Gasteiger partial charge on any atom is 0.293 e. The Hall–Kier alpha value is -3.93. The lowest BCUT2D eigenvalue weighted by Crippen LogP contribution is -2.17. The van der Waals surface area contributed by atoms with Crippen LogP contribution in [0.1, 0.15) is 26.5 Å². The summed E-state index contributed by atoms with van der Waals surface area (Å²) in [6, 6.07) is 19.6. The van der Waals surface area contributed by atoms with E-state index in [1.165, 1.54) is 18.2 Å². The van der Waals surface area contributed by atoms with Gasteiger partial charge in [0, 0.05) is 16.6 Å². The molecule has 0 bridgehead atoms. The Morgan fingerprint density at radius 2 is 1.62 bits per heavy atom. The Morgan fingerprint density at radius 3 is 2.38 bits per heavy atom. The summed E-state index contributed by atoms with van der Waals surface area (Å²) in [6.07, 6.45) is 0. The molecule has 0 unspecified atom stereocenters. The molecule has 4 aromatic rings. The fourth-order valence-corrected chi connectivity index (χ4v) is 2.97. The molecule has 0 spiro atoms. The topological polar surface area (TPSA) is 71.3 Å². The molecule has 0 radical (unpaired) electrons. The van der Waals surface area contributed by atoms with E-state index in [1.807, 2.05) is 19.1 Å². The molecule has 0 aliphatic rings. The normalized spacial score (nSPS) is 10.7. The number of para-hydroxylation sites is 1. The summed E-state index contributed by atoms with van der Waals surface area (Å²) in [4.78, 5) is 25.5. The summed E-state index contributed by atoms with van der Waals surface area (Å²) < 4.78 is 19.2. The van der Waals surface area contributed by atoms with Gasteiger partial charge in [-0.2, -0.15) is 0 Å². The Morgan fingerprint density at radius 1 is 0.862 bits per heavy atom. The van der Waals surface area contributed by atoms with Gasteiger partial charge in [0.25, 0.3) is 11.8 Å². The van der Waals surface area contributed by atoms with Gasteiger partial charge in [-0.05, 0) is 49.4 Å². The van der Waals surface area contributed by atoms with Gasteiger partial charge >= 0.3 is 0 Å². The fourth-order valence-electron chi connectivity index (χ4n) is 2.97. The van der Waals surface area contributed by atoms with Crippen LogP contribution in [0.2, 0.25) is 0 Å². The van der Waals surface area contributed by atoms with E-state index in [1.54, 1.807) is 36.4 Å². The van der Waals surface area contributed by atoms with Crippen LogP contribution < -0.4 is 10.6 Å². The van der Waals surface area contributed by atoms with Gasteiger partial charge in [0.15, 0.2) is 0 Å². The highest BCUT2D eigenvalue weighted by Crippen LogP contribution is 2.32. The lowest BCUT2D eigenvalue weighted by molar-refractivity contribution is 0.0999. The maximum absolute atomic E-state index is 13.5. The number of amides is 2. The second-order valence-corrected chi connectivity index (χ2v) is 6.59. The molecule has 2 amide bonds. The van der Waals surface area contributed by atoms with E-state index < -0.39 is 17.6 Å². The molecule has 4 rings (SSSR count). The average Bonchev–Trinajstić information content (AvgIpc) is 3.08. The Kier molecular flexibility index (Phi) is 4.83. The van der Waals surface area contributed by atoms with Gasteiger partial charge in [0.05, 0.1) is 0 Å². The van der Waals surface area contributed by atoms with Gasteiger partial charge in [0.2, 0.25) is 5.76 Å². The summed E-state index contributed by atoms with van der Waals surface area (Å²) in [7, 11) is 0. The number of aryl methyl sites for hydroxylation is 1. The third-order valence-corrected chi connectivity index (χ3v) is 4.44. The molecule has 5 nitrogen and oxygen atoms in total. The highest BCUT2D eigenvalue weighted by atomic mass is 19.1. The van der Waals surface area contributed by atoms with E-state index in [4.69, 9.17) is 4.42 Å². The summed E-state index contributed by atoms with van der Waals surface area (Å²) in [5.74, 6) is -1.59. The van der Waals surface area contributed by atoms with Crippen LogP contribution in [0.25, 0.3) is 11.0 Å². The molecule has 0 aliphatic carbocycles. The van der Waals surface area contributed by atoms with Crippen LogP contribution in [0.5, 0.6) is 0 Å². The Bertz CT molecular complexity index is 1210. The third-order valence-electron chi connectivity index (χ3n) is 4.44. The van der Waals surface area contributed by atoms with Crippen molar-refractivity contribution in [1.82, 2.24) is 0 Å². The van der Waals surface area contributed by atoms with Crippen LogP contribution >= 0.6 is 0 Å². The number of hydrogen-bond acceptors (Lipinski definition) is 3. The fraction of sp³-hybridized carbons (Fsp3) is 0.0435. The number of hydrogen-bond donors (Lipinski definition) is 2. The van der Waals surface area contributed by atoms with Gasteiger partial charge in [-0.15, -0.1) is 0 Å². The molecular formula is C23H17FN2O3. The summed E-state index contributed by atoms with van der Waals surface area (Å²) in [5.41, 5.74) is 2.49. The second kappa shape index (κ2) is 7.59. The van der Waals surface area contributed by atoms with Crippen molar-refractivity contribution in [3.63, 3.8) is 0 Å². The van der Waals surface area contributed by atoms with Crippen LogP contribution in [-0.2, 0) is 0 Å². The third kappa shape index (κ3) is 3.87. The maximum atomic E-state index is 13.5. The molecule has 0 aliphatic heterocycles. The quantitative estimate of drug-likeness (QED) is 0.493. The lowest BCUT2D eigenvalue weighted by atomic mass is 10.1. The van der Waals surface area contributed by atoms with Crippen molar-refractivity contribution in [1.29, 1.82) is 0 Å². The smallest absolute Gasteiger partial charge is 0.293 e. The minimum absolute atomic E-state index is 0.0310. The number of fused-ring (bicyclic) bond motifs is 1. The van der Waals surface area contributed by atoms with Crippen LogP contribution in [0.4, 0.5) is 15.8 Å². The van der Waals surface area contributed by atoms with Crippen molar-refractivity contribution in [2.75, 3.05) is 10.6 Å². The van der Waals surface area contributed by atoms with Gasteiger partial charge in [0.1, 0.15) is 17.1 Å². The van der Waals surface area contributed by atoms with Crippen molar-refractivity contribution in [3.05, 3.63) is 95.5 Å². The molecule has 144 valence electrons. The number of carbonyl (C=O) groups excluding carboxylic acids is 2. The van der Waals surface area contributed by atoms with Crippen LogP contribution in [-0.4, -0.2) is 11.8 Å². The number of benzene rings is 3. The molecule has 0 fully saturated rings. The van der Waals surface area contributed by atoms with Crippen LogP contribution in [0.3, 0.4) is 0 Å². The Labute approximate surface area is 166 Å². The van der Waals surface area contributed by atoms with E-state index >= 15 is 0 Å². The number of furan rings is 1. The largest absolute Gasteiger partial charge is 0.449 e. The van der Waals surface area contributed by atoms with Crippen molar-refractivity contribution < 1.29 is 18.4 Å². The van der Waals surface area contributed by atoms with E-state index in [2.05, 4.69) is 10.6 Å². The van der Waals surface area contributed by atoms with Gasteiger partial charge in [-0.3, -0.25) is 9.59 Å². The number of halogens is 1. The molecule has 2 N–H and O–H groups in total. The molecular weight excluding hydrogens is 371 g/mol. The monoisotopic (exact) mass is 388 g/mol. The zero-order chi connectivity index (χ0) is 20.4. The lowest BCUT2D eigenvalue weighted by Gasteiger charge is -2.08. The molecule has 0 saturated carbocycles. The van der Waals surface area contributed by atoms with Crippen molar-refractivity contribution in [3.8, 4) is 0 Å². The minimum Gasteiger partial charge on any atom is -0.449 e. The number of anilines is 2. The molecule has 0 atom stereocenters. The first kappa shape index (κ1) is 18.4. The summed E-state index contributed by atoms with van der Waals surface area (Å²) in [5, 5.41) is 6.03. The molecule has 6 heteroatoms. The number of nitrogens with one attached hydrogen (secondary N) is 2. The predicted molar refractivity (Wildman–Crippen MR) is 110 cm³/mol. The molecule has 29 heavy (non-hydrogen) atoms. The van der Waals surface area contributed by atoms with E-state index in [0.29, 0.717) is 16.7 Å². The number of carbonyl (C=O) groups is 2. The Balaban J connectivity index is 1.69. The van der Waals surface area contributed by atoms with Crippen molar-refractivity contribution in [2.45, 2.75) is 6.92 Å². The summed E-state index contributed by atoms with van der Waals surface area (Å²) in [6.45, 7) is 1.95. The number of rotatable bonds is 4. The van der Waals surface area contributed by atoms with Crippen LogP contribution in [0.15, 0.2) is 77.2 Å². The van der Waals surface area contributed by atoms with Gasteiger partial charge < -0.3 is 15.1 Å². The first-order valence-electron chi connectivity index (χ1n) is 8.98. The zero-order valence-electron chi connectivity index (χ0n) is 15.5. The van der Waals surface area contributed by atoms with E-state index in [0.717, 1.165) is 11.6 Å².